The molecule has 2 amide bonds. The van der Waals surface area contributed by atoms with Gasteiger partial charge in [-0.3, -0.25) is 9.59 Å². The fraction of sp³-hybridized carbons (Fsp3) is 0.895. The third kappa shape index (κ3) is 3.43. The summed E-state index contributed by atoms with van der Waals surface area (Å²) in [5.41, 5.74) is -0.307. The standard InChI is InChI=1S/C19H31N3O3/c23-17(16-4-13-25-14-16)22-9-3-5-19(15-22)6-10-21(18(19)24)12-11-20-7-1-2-8-20/h16H,1-15H2/t16-,19-/m1/s1. The van der Waals surface area contributed by atoms with E-state index in [-0.39, 0.29) is 17.2 Å². The second-order valence-corrected chi connectivity index (χ2v) is 8.30. The van der Waals surface area contributed by atoms with Crippen molar-refractivity contribution in [3.05, 3.63) is 0 Å². The van der Waals surface area contributed by atoms with Crippen LogP contribution in [0.25, 0.3) is 0 Å². The molecule has 1 spiro atoms. The van der Waals surface area contributed by atoms with Gasteiger partial charge in [0.25, 0.3) is 0 Å². The van der Waals surface area contributed by atoms with Crippen molar-refractivity contribution in [2.45, 2.75) is 38.5 Å². The van der Waals surface area contributed by atoms with E-state index in [1.54, 1.807) is 0 Å². The summed E-state index contributed by atoms with van der Waals surface area (Å²) in [6, 6.07) is 0. The van der Waals surface area contributed by atoms with Crippen molar-refractivity contribution >= 4 is 11.8 Å². The van der Waals surface area contributed by atoms with Crippen molar-refractivity contribution < 1.29 is 14.3 Å². The van der Waals surface area contributed by atoms with E-state index in [9.17, 15) is 9.59 Å². The van der Waals surface area contributed by atoms with Crippen LogP contribution < -0.4 is 0 Å². The van der Waals surface area contributed by atoms with E-state index < -0.39 is 0 Å². The minimum Gasteiger partial charge on any atom is -0.381 e. The molecule has 0 N–H and O–H groups in total. The monoisotopic (exact) mass is 349 g/mol. The predicted octanol–water partition coefficient (Wildman–Crippen LogP) is 0.960. The Labute approximate surface area is 150 Å². The molecule has 4 aliphatic rings. The third-order valence-corrected chi connectivity index (χ3v) is 6.65. The Kier molecular flexibility index (Phi) is 5.00. The largest absolute Gasteiger partial charge is 0.381 e. The lowest BCUT2D eigenvalue weighted by Gasteiger charge is -2.40. The number of nitrogens with zero attached hydrogens (tertiary/aromatic N) is 3. The Bertz CT molecular complexity index is 514. The molecule has 4 saturated heterocycles. The van der Waals surface area contributed by atoms with Crippen molar-refractivity contribution in [1.82, 2.24) is 14.7 Å². The Morgan fingerprint density at radius 3 is 2.68 bits per heavy atom. The van der Waals surface area contributed by atoms with Crippen molar-refractivity contribution in [2.75, 3.05) is 59.0 Å². The van der Waals surface area contributed by atoms with Crippen LogP contribution in [0.15, 0.2) is 0 Å². The van der Waals surface area contributed by atoms with Crippen LogP contribution in [0.1, 0.15) is 38.5 Å². The second-order valence-electron chi connectivity index (χ2n) is 8.30. The summed E-state index contributed by atoms with van der Waals surface area (Å²) < 4.78 is 5.38. The average molecular weight is 349 g/mol. The number of amides is 2. The van der Waals surface area contributed by atoms with Crippen molar-refractivity contribution in [3.63, 3.8) is 0 Å². The van der Waals surface area contributed by atoms with Gasteiger partial charge in [0.2, 0.25) is 11.8 Å². The summed E-state index contributed by atoms with van der Waals surface area (Å²) >= 11 is 0. The fourth-order valence-electron chi connectivity index (χ4n) is 5.06. The van der Waals surface area contributed by atoms with Gasteiger partial charge >= 0.3 is 0 Å². The summed E-state index contributed by atoms with van der Waals surface area (Å²) in [5, 5.41) is 0. The highest BCUT2D eigenvalue weighted by Gasteiger charge is 2.50. The van der Waals surface area contributed by atoms with E-state index in [0.717, 1.165) is 51.9 Å². The lowest BCUT2D eigenvalue weighted by molar-refractivity contribution is -0.145. The molecule has 0 aromatic rings. The molecule has 140 valence electrons. The fourth-order valence-corrected chi connectivity index (χ4v) is 5.06. The molecule has 2 atom stereocenters. The molecule has 25 heavy (non-hydrogen) atoms. The van der Waals surface area contributed by atoms with Crippen LogP contribution in [0.5, 0.6) is 0 Å². The molecule has 0 saturated carbocycles. The maximum atomic E-state index is 13.1. The number of carbonyl (C=O) groups is 2. The van der Waals surface area contributed by atoms with Gasteiger partial charge in [0, 0.05) is 39.3 Å². The van der Waals surface area contributed by atoms with E-state index in [4.69, 9.17) is 4.74 Å². The van der Waals surface area contributed by atoms with Crippen LogP contribution >= 0.6 is 0 Å². The maximum Gasteiger partial charge on any atom is 0.230 e. The highest BCUT2D eigenvalue weighted by molar-refractivity contribution is 5.87. The van der Waals surface area contributed by atoms with Gasteiger partial charge in [-0.05, 0) is 51.6 Å². The van der Waals surface area contributed by atoms with Crippen LogP contribution in [0, 0.1) is 11.3 Å². The molecule has 0 bridgehead atoms. The number of carbonyl (C=O) groups excluding carboxylic acids is 2. The van der Waals surface area contributed by atoms with Crippen LogP contribution in [-0.2, 0) is 14.3 Å². The van der Waals surface area contributed by atoms with Crippen molar-refractivity contribution in [1.29, 1.82) is 0 Å². The third-order valence-electron chi connectivity index (χ3n) is 6.65. The number of rotatable bonds is 4. The molecule has 6 nitrogen and oxygen atoms in total. The zero-order valence-corrected chi connectivity index (χ0v) is 15.3. The van der Waals surface area contributed by atoms with Gasteiger partial charge in [0.05, 0.1) is 17.9 Å². The zero-order valence-electron chi connectivity index (χ0n) is 15.3. The molecule has 4 rings (SSSR count). The second kappa shape index (κ2) is 7.23. The quantitative estimate of drug-likeness (QED) is 0.759. The van der Waals surface area contributed by atoms with Gasteiger partial charge in [-0.2, -0.15) is 0 Å². The predicted molar refractivity (Wildman–Crippen MR) is 94.0 cm³/mol. The highest BCUT2D eigenvalue weighted by atomic mass is 16.5. The summed E-state index contributed by atoms with van der Waals surface area (Å²) in [7, 11) is 0. The lowest BCUT2D eigenvalue weighted by Crippen LogP contribution is -2.51. The topological polar surface area (TPSA) is 53.1 Å². The van der Waals surface area contributed by atoms with E-state index >= 15 is 0 Å². The molecule has 0 aromatic carbocycles. The SMILES string of the molecule is O=C([C@@H]1CCOC1)N1CCC[C@@]2(CCN(CCN3CCCC3)C2=O)C1. The number of ether oxygens (including phenoxy) is 1. The smallest absolute Gasteiger partial charge is 0.230 e. The molecule has 4 fully saturated rings. The maximum absolute atomic E-state index is 13.1. The van der Waals surface area contributed by atoms with Gasteiger partial charge < -0.3 is 19.4 Å². The number of likely N-dealkylation sites (tertiary alicyclic amines) is 3. The molecule has 4 heterocycles. The molecule has 4 aliphatic heterocycles. The summed E-state index contributed by atoms with van der Waals surface area (Å²) in [5.74, 6) is 0.518. The summed E-state index contributed by atoms with van der Waals surface area (Å²) in [4.78, 5) is 32.4. The number of hydrogen-bond acceptors (Lipinski definition) is 4. The Morgan fingerprint density at radius 1 is 1.08 bits per heavy atom. The number of hydrogen-bond donors (Lipinski definition) is 0. The average Bonchev–Trinajstić information content (AvgIpc) is 3.38. The molecular weight excluding hydrogens is 318 g/mol. The first-order valence-corrected chi connectivity index (χ1v) is 10.1. The normalized spacial score (nSPS) is 33.8. The van der Waals surface area contributed by atoms with Gasteiger partial charge in [0.15, 0.2) is 0 Å². The summed E-state index contributed by atoms with van der Waals surface area (Å²) in [6.45, 7) is 7.75. The van der Waals surface area contributed by atoms with Crippen molar-refractivity contribution in [3.8, 4) is 0 Å². The molecular formula is C19H31N3O3. The zero-order chi connectivity index (χ0) is 17.3. The van der Waals surface area contributed by atoms with E-state index in [1.165, 1.54) is 25.9 Å². The first-order chi connectivity index (χ1) is 12.2. The van der Waals surface area contributed by atoms with Gasteiger partial charge in [-0.1, -0.05) is 0 Å². The Balaban J connectivity index is 1.35. The molecule has 0 unspecified atom stereocenters. The minimum absolute atomic E-state index is 0.0120. The van der Waals surface area contributed by atoms with Crippen LogP contribution in [-0.4, -0.2) is 85.5 Å². The molecule has 0 aromatic heterocycles. The van der Waals surface area contributed by atoms with Crippen LogP contribution in [0.2, 0.25) is 0 Å². The van der Waals surface area contributed by atoms with E-state index in [2.05, 4.69) is 9.80 Å². The van der Waals surface area contributed by atoms with E-state index in [0.29, 0.717) is 25.7 Å². The minimum atomic E-state index is -0.307. The highest BCUT2D eigenvalue weighted by Crippen LogP contribution is 2.40. The van der Waals surface area contributed by atoms with Crippen molar-refractivity contribution in [2.24, 2.45) is 11.3 Å². The summed E-state index contributed by atoms with van der Waals surface area (Å²) in [6.07, 6.45) is 6.22. The molecule has 6 heteroatoms. The van der Waals surface area contributed by atoms with Gasteiger partial charge in [-0.15, -0.1) is 0 Å². The van der Waals surface area contributed by atoms with Crippen LogP contribution in [0.3, 0.4) is 0 Å². The number of piperidine rings is 1. The lowest BCUT2D eigenvalue weighted by atomic mass is 9.78. The molecule has 0 radical (unpaired) electrons. The Hall–Kier alpha value is -1.14. The van der Waals surface area contributed by atoms with E-state index in [1.807, 2.05) is 4.90 Å². The molecule has 0 aliphatic carbocycles. The van der Waals surface area contributed by atoms with Gasteiger partial charge in [-0.25, -0.2) is 0 Å². The van der Waals surface area contributed by atoms with Gasteiger partial charge in [0.1, 0.15) is 0 Å². The Morgan fingerprint density at radius 2 is 1.92 bits per heavy atom. The first kappa shape index (κ1) is 17.3. The first-order valence-electron chi connectivity index (χ1n) is 10.1. The van der Waals surface area contributed by atoms with Crippen LogP contribution in [0.4, 0.5) is 0 Å².